The number of hydrogen-bond donors (Lipinski definition) is 0. The van der Waals surface area contributed by atoms with E-state index in [1.54, 1.807) is 23.9 Å². The molecule has 0 atom stereocenters. The van der Waals surface area contributed by atoms with Crippen LogP contribution in [0.1, 0.15) is 27.0 Å². The van der Waals surface area contributed by atoms with Crippen LogP contribution in [0.25, 0.3) is 11.6 Å². The molecule has 0 bridgehead atoms. The SMILES string of the molecule is CSc1ccc(/C=C2\C(=O)N(c3cccc(C)c3)C(=O)c3ccccc32)cc1. The van der Waals surface area contributed by atoms with Gasteiger partial charge in [-0.25, -0.2) is 4.90 Å². The zero-order chi connectivity index (χ0) is 19.7. The molecule has 3 aromatic carbocycles. The Hall–Kier alpha value is -3.11. The van der Waals surface area contributed by atoms with Gasteiger partial charge in [0, 0.05) is 16.0 Å². The number of anilines is 1. The topological polar surface area (TPSA) is 37.4 Å². The molecule has 0 saturated heterocycles. The zero-order valence-electron chi connectivity index (χ0n) is 15.7. The summed E-state index contributed by atoms with van der Waals surface area (Å²) < 4.78 is 0. The van der Waals surface area contributed by atoms with Crippen LogP contribution in [0.15, 0.2) is 77.7 Å². The first-order valence-electron chi connectivity index (χ1n) is 8.99. The Balaban J connectivity index is 1.87. The van der Waals surface area contributed by atoms with Crippen molar-refractivity contribution in [2.45, 2.75) is 11.8 Å². The molecule has 4 rings (SSSR count). The number of benzene rings is 3. The lowest BCUT2D eigenvalue weighted by Crippen LogP contribution is -2.41. The van der Waals surface area contributed by atoms with Crippen LogP contribution in [-0.4, -0.2) is 18.1 Å². The van der Waals surface area contributed by atoms with Crippen molar-refractivity contribution in [3.8, 4) is 0 Å². The van der Waals surface area contributed by atoms with Crippen molar-refractivity contribution in [1.29, 1.82) is 0 Å². The summed E-state index contributed by atoms with van der Waals surface area (Å²) in [6.07, 6.45) is 3.89. The number of nitrogens with zero attached hydrogens (tertiary/aromatic N) is 1. The Labute approximate surface area is 168 Å². The van der Waals surface area contributed by atoms with E-state index in [4.69, 9.17) is 0 Å². The molecular formula is C24H19NO2S. The van der Waals surface area contributed by atoms with Crippen LogP contribution in [0.2, 0.25) is 0 Å². The van der Waals surface area contributed by atoms with Crippen LogP contribution in [0, 0.1) is 6.92 Å². The number of hydrogen-bond acceptors (Lipinski definition) is 3. The van der Waals surface area contributed by atoms with Crippen molar-refractivity contribution >= 4 is 40.9 Å². The molecule has 0 unspecified atom stereocenters. The van der Waals surface area contributed by atoms with Gasteiger partial charge in [-0.2, -0.15) is 0 Å². The molecule has 0 N–H and O–H groups in total. The molecule has 0 aromatic heterocycles. The second-order valence-electron chi connectivity index (χ2n) is 6.66. The van der Waals surface area contributed by atoms with Crippen molar-refractivity contribution in [3.63, 3.8) is 0 Å². The van der Waals surface area contributed by atoms with Gasteiger partial charge in [0.1, 0.15) is 0 Å². The standard InChI is InChI=1S/C24H19NO2S/c1-16-6-5-7-18(14-16)25-23(26)21-9-4-3-8-20(21)22(24(25)27)15-17-10-12-19(28-2)13-11-17/h3-15H,1-2H3/b22-15-. The molecule has 0 radical (unpaired) electrons. The maximum absolute atomic E-state index is 13.4. The number of thioether (sulfide) groups is 1. The van der Waals surface area contributed by atoms with Gasteiger partial charge < -0.3 is 0 Å². The highest BCUT2D eigenvalue weighted by Gasteiger charge is 2.35. The van der Waals surface area contributed by atoms with E-state index in [9.17, 15) is 9.59 Å². The average molecular weight is 385 g/mol. The number of carbonyl (C=O) groups is 2. The summed E-state index contributed by atoms with van der Waals surface area (Å²) in [5.74, 6) is -0.593. The van der Waals surface area contributed by atoms with Gasteiger partial charge in [0.05, 0.1) is 5.69 Å². The molecule has 0 aliphatic carbocycles. The number of amides is 2. The van der Waals surface area contributed by atoms with Crippen molar-refractivity contribution in [2.75, 3.05) is 11.2 Å². The third-order valence-corrected chi connectivity index (χ3v) is 5.51. The Kier molecular flexibility index (Phi) is 4.88. The summed E-state index contributed by atoms with van der Waals surface area (Å²) in [5.41, 5.74) is 4.25. The van der Waals surface area contributed by atoms with E-state index in [0.717, 1.165) is 16.0 Å². The maximum Gasteiger partial charge on any atom is 0.265 e. The zero-order valence-corrected chi connectivity index (χ0v) is 16.5. The van der Waals surface area contributed by atoms with E-state index in [-0.39, 0.29) is 11.8 Å². The van der Waals surface area contributed by atoms with Crippen LogP contribution < -0.4 is 4.90 Å². The fraction of sp³-hybridized carbons (Fsp3) is 0.0833. The smallest absolute Gasteiger partial charge is 0.265 e. The number of fused-ring (bicyclic) bond motifs is 1. The van der Waals surface area contributed by atoms with Gasteiger partial charge in [-0.1, -0.05) is 42.5 Å². The second kappa shape index (κ2) is 7.49. The van der Waals surface area contributed by atoms with Crippen LogP contribution in [0.5, 0.6) is 0 Å². The summed E-state index contributed by atoms with van der Waals surface area (Å²) in [5, 5.41) is 0. The van der Waals surface area contributed by atoms with E-state index >= 15 is 0 Å². The normalized spacial score (nSPS) is 15.1. The summed E-state index contributed by atoms with van der Waals surface area (Å²) in [6.45, 7) is 1.94. The van der Waals surface area contributed by atoms with E-state index in [1.807, 2.05) is 79.9 Å². The summed E-state index contributed by atoms with van der Waals surface area (Å²) >= 11 is 1.67. The molecule has 1 heterocycles. The van der Waals surface area contributed by atoms with Gasteiger partial charge in [-0.05, 0) is 66.3 Å². The van der Waals surface area contributed by atoms with Gasteiger partial charge in [0.2, 0.25) is 0 Å². The van der Waals surface area contributed by atoms with Crippen LogP contribution >= 0.6 is 11.8 Å². The lowest BCUT2D eigenvalue weighted by molar-refractivity contribution is -0.112. The van der Waals surface area contributed by atoms with Gasteiger partial charge >= 0.3 is 0 Å². The number of imide groups is 1. The Morgan fingerprint density at radius 1 is 0.821 bits per heavy atom. The summed E-state index contributed by atoms with van der Waals surface area (Å²) in [7, 11) is 0. The minimum absolute atomic E-state index is 0.291. The lowest BCUT2D eigenvalue weighted by Gasteiger charge is -2.29. The highest BCUT2D eigenvalue weighted by molar-refractivity contribution is 7.98. The number of rotatable bonds is 3. The molecule has 138 valence electrons. The monoisotopic (exact) mass is 385 g/mol. The van der Waals surface area contributed by atoms with E-state index in [0.29, 0.717) is 22.4 Å². The van der Waals surface area contributed by atoms with Gasteiger partial charge in [-0.15, -0.1) is 11.8 Å². The fourth-order valence-electron chi connectivity index (χ4n) is 3.36. The molecule has 1 aliphatic rings. The van der Waals surface area contributed by atoms with E-state index in [1.165, 1.54) is 4.90 Å². The molecule has 0 saturated carbocycles. The molecule has 28 heavy (non-hydrogen) atoms. The van der Waals surface area contributed by atoms with E-state index < -0.39 is 0 Å². The Morgan fingerprint density at radius 2 is 1.54 bits per heavy atom. The first-order chi connectivity index (χ1) is 13.6. The van der Waals surface area contributed by atoms with Crippen molar-refractivity contribution in [1.82, 2.24) is 0 Å². The summed E-state index contributed by atoms with van der Waals surface area (Å²) in [4.78, 5) is 28.9. The van der Waals surface area contributed by atoms with E-state index in [2.05, 4.69) is 0 Å². The Bertz CT molecular complexity index is 1100. The molecule has 0 fully saturated rings. The molecular weight excluding hydrogens is 366 g/mol. The average Bonchev–Trinajstić information content (AvgIpc) is 2.72. The van der Waals surface area contributed by atoms with Gasteiger partial charge in [0.25, 0.3) is 11.8 Å². The third kappa shape index (κ3) is 3.27. The molecule has 3 nitrogen and oxygen atoms in total. The minimum atomic E-state index is -0.303. The van der Waals surface area contributed by atoms with Crippen molar-refractivity contribution in [3.05, 3.63) is 95.1 Å². The van der Waals surface area contributed by atoms with Crippen LogP contribution in [-0.2, 0) is 4.79 Å². The highest BCUT2D eigenvalue weighted by atomic mass is 32.2. The molecule has 2 amide bonds. The van der Waals surface area contributed by atoms with Crippen LogP contribution in [0.3, 0.4) is 0 Å². The van der Waals surface area contributed by atoms with Gasteiger partial charge in [-0.3, -0.25) is 9.59 Å². The quantitative estimate of drug-likeness (QED) is 0.342. The highest BCUT2D eigenvalue weighted by Crippen LogP contribution is 2.33. The largest absolute Gasteiger partial charge is 0.268 e. The minimum Gasteiger partial charge on any atom is -0.268 e. The Morgan fingerprint density at radius 3 is 2.21 bits per heavy atom. The third-order valence-electron chi connectivity index (χ3n) is 4.77. The van der Waals surface area contributed by atoms with Crippen molar-refractivity contribution in [2.24, 2.45) is 0 Å². The number of aryl methyl sites for hydroxylation is 1. The predicted octanol–water partition coefficient (Wildman–Crippen LogP) is 5.44. The fourth-order valence-corrected chi connectivity index (χ4v) is 3.77. The molecule has 4 heteroatoms. The van der Waals surface area contributed by atoms with Gasteiger partial charge in [0.15, 0.2) is 0 Å². The predicted molar refractivity (Wildman–Crippen MR) is 116 cm³/mol. The first-order valence-corrected chi connectivity index (χ1v) is 10.2. The number of carbonyl (C=O) groups excluding carboxylic acids is 2. The molecule has 3 aromatic rings. The first kappa shape index (κ1) is 18.3. The molecule has 1 aliphatic heterocycles. The van der Waals surface area contributed by atoms with Crippen molar-refractivity contribution < 1.29 is 9.59 Å². The summed E-state index contributed by atoms with van der Waals surface area (Å²) in [6, 6.07) is 22.8. The maximum atomic E-state index is 13.4. The molecule has 0 spiro atoms. The van der Waals surface area contributed by atoms with Crippen LogP contribution in [0.4, 0.5) is 5.69 Å². The second-order valence-corrected chi connectivity index (χ2v) is 7.54. The lowest BCUT2D eigenvalue weighted by atomic mass is 9.91.